The molecule has 5 aromatic rings. The fraction of sp³-hybridized carbons (Fsp3) is 0.592. The number of quaternary nitrogens is 1. The maximum atomic E-state index is 15.2. The second-order valence-corrected chi connectivity index (χ2v) is 30.2. The minimum absolute atomic E-state index is 0.0309. The summed E-state index contributed by atoms with van der Waals surface area (Å²) in [6.07, 6.45) is -2.15. The van der Waals surface area contributed by atoms with Gasteiger partial charge in [-0.2, -0.15) is 5.10 Å². The number of unbranched alkanes of at least 4 members (excludes halogenated alkanes) is 3. The Morgan fingerprint density at radius 2 is 1.46 bits per heavy atom. The second kappa shape index (κ2) is 37.4. The molecule has 5 fully saturated rings. The number of hydrogen-bond donors (Lipinski definition) is 13. The molecule has 10 rings (SSSR count). The zero-order valence-electron chi connectivity index (χ0n) is 60.0. The molecule has 13 N–H and O–H groups in total. The van der Waals surface area contributed by atoms with Crippen LogP contribution in [0.1, 0.15) is 100 Å². The lowest BCUT2D eigenvalue weighted by atomic mass is 9.98. The zero-order chi connectivity index (χ0) is 75.9. The summed E-state index contributed by atoms with van der Waals surface area (Å²) < 4.78 is 23.2. The molecule has 0 bridgehead atoms. The Balaban J connectivity index is 0.871. The van der Waals surface area contributed by atoms with Gasteiger partial charge in [0.15, 0.2) is 0 Å². The minimum atomic E-state index is -2.12. The lowest BCUT2D eigenvalue weighted by Crippen LogP contribution is -2.64. The summed E-state index contributed by atoms with van der Waals surface area (Å²) in [5.41, 5.74) is 3.33. The SMILES string of the molecule is COCCCCCCOC1CCN(c2ccc(-c3nn4cc(-c5ccc(C(=O)N[C@H]6C[C@H](O)CNC(=O)[C@@H]7[C@@H](O)[C@H](C)CN7C(=O)[C@H]([C@H](O)CCNC7CC[N+](C)(C)CC7)NC(=O)[C@H]([C@H](O)Cc7ccc([O-])c(OSOOO)c7)NC(=O)[C@@H]7C[C@H](O)CN7C(=O)[C@H]([C@H](C)O)NC6=O)cc5)nc4s3)cc2)CC1. The molecule has 2 aromatic heterocycles. The van der Waals surface area contributed by atoms with Gasteiger partial charge in [0.2, 0.25) is 40.4 Å². The van der Waals surface area contributed by atoms with Gasteiger partial charge < -0.3 is 100 Å². The van der Waals surface area contributed by atoms with E-state index in [0.717, 1.165) is 140 Å². The van der Waals surface area contributed by atoms with E-state index in [1.165, 1.54) is 29.5 Å². The first-order chi connectivity index (χ1) is 50.8. The molecule has 7 amide bonds. The first-order valence-corrected chi connectivity index (χ1v) is 37.5. The minimum Gasteiger partial charge on any atom is -0.870 e. The van der Waals surface area contributed by atoms with Gasteiger partial charge in [-0.15, -0.1) is 0 Å². The number of nitrogens with zero attached hydrogens (tertiary/aromatic N) is 7. The van der Waals surface area contributed by atoms with Crippen molar-refractivity contribution in [1.82, 2.24) is 56.3 Å². The number of aliphatic hydroxyl groups is 6. The summed E-state index contributed by atoms with van der Waals surface area (Å²) in [5.74, 6) is -9.54. The second-order valence-electron chi connectivity index (χ2n) is 28.8. The van der Waals surface area contributed by atoms with Crippen LogP contribution in [0.3, 0.4) is 0 Å². The van der Waals surface area contributed by atoms with Crippen molar-refractivity contribution < 1.29 is 102 Å². The monoisotopic (exact) mass is 1520 g/mol. The third-order valence-corrected chi connectivity index (χ3v) is 21.8. The molecule has 13 atom stereocenters. The van der Waals surface area contributed by atoms with E-state index in [4.69, 9.17) is 29.0 Å². The smallest absolute Gasteiger partial charge is 0.261 e. The molecule has 0 spiro atoms. The maximum absolute atomic E-state index is 15.2. The number of aromatic nitrogens is 3. The number of nitrogens with one attached hydrogen (secondary N) is 6. The van der Waals surface area contributed by atoms with Crippen molar-refractivity contribution in [3.8, 4) is 33.3 Å². The number of carbonyl (C=O) groups is 7. The van der Waals surface area contributed by atoms with Crippen LogP contribution in [0.15, 0.2) is 72.9 Å². The molecular weight excluding hydrogens is 1420 g/mol. The Morgan fingerprint density at radius 3 is 2.15 bits per heavy atom. The third-order valence-electron chi connectivity index (χ3n) is 20.4. The Hall–Kier alpha value is -7.72. The van der Waals surface area contributed by atoms with E-state index in [0.29, 0.717) is 16.2 Å². The summed E-state index contributed by atoms with van der Waals surface area (Å²) >= 11 is 1.45. The summed E-state index contributed by atoms with van der Waals surface area (Å²) in [4.78, 5) is 113. The number of likely N-dealkylation sites (tertiary alicyclic amines) is 1. The quantitative estimate of drug-likeness (QED) is 0.0113. The molecule has 5 aliphatic heterocycles. The summed E-state index contributed by atoms with van der Waals surface area (Å²) in [7, 11) is 5.95. The zero-order valence-corrected chi connectivity index (χ0v) is 61.7. The standard InChI is InChI=1S/C71H99N13O20S2/c1-40-37-82-61(62(40)91)67(96)73-36-48(86)34-51(74-63(92)44-13-11-43(12-14-44)52-39-83-71(75-52)105-68(79-83)45-15-17-47(18-16-45)80-26-21-50(22-27-80)101-31-9-7-6-8-30-100-5)64(93)76-58(41(2)85)69(97)81-38-49(87)35-53(81)65(94)77-59(56(90)32-42-10-19-54(88)57(33-42)102-106-104-103-99)66(95)78-60(70(82)98)55(89)20-25-72-46-23-28-84(3,4)29-24-46/h10-19,33,39-41,46,48-51,53,55-56,58-62,72,85-87,89-91H,6-9,20-32,34-38H2,1-5H3,(H6-,73,74,76,77,78,88,92,93,94,95,96,99)/t40-,41+,48+,49+,51+,53+,55-,56-,58+,59+,60+,61+,62+/m1/s1. The molecule has 0 saturated carbocycles. The van der Waals surface area contributed by atoms with Crippen molar-refractivity contribution in [2.75, 3.05) is 91.7 Å². The highest BCUT2D eigenvalue weighted by molar-refractivity contribution is 7.90. The fourth-order valence-electron chi connectivity index (χ4n) is 14.2. The van der Waals surface area contributed by atoms with Gasteiger partial charge in [-0.25, -0.2) is 14.8 Å². The Labute approximate surface area is 622 Å². The molecule has 106 heavy (non-hydrogen) atoms. The van der Waals surface area contributed by atoms with E-state index in [9.17, 15) is 59.7 Å². The summed E-state index contributed by atoms with van der Waals surface area (Å²) in [5, 5.41) is 117. The number of aliphatic hydroxyl groups excluding tert-OH is 6. The molecule has 33 nitrogen and oxygen atoms in total. The van der Waals surface area contributed by atoms with Crippen molar-refractivity contribution in [3.63, 3.8) is 0 Å². The number of imidazole rings is 1. The summed E-state index contributed by atoms with van der Waals surface area (Å²) in [6, 6.07) is 6.83. The number of anilines is 1. The average Bonchev–Trinajstić information content (AvgIpc) is 1.64. The molecular formula is C71H99N13O20S2. The highest BCUT2D eigenvalue weighted by Gasteiger charge is 2.50. The van der Waals surface area contributed by atoms with Crippen LogP contribution in [0.2, 0.25) is 0 Å². The van der Waals surface area contributed by atoms with E-state index in [1.54, 1.807) is 36.9 Å². The topological polar surface area (TPSA) is 442 Å². The number of rotatable bonds is 26. The number of β-amino-alcohol motifs (C(OH)–C–C–N with tert-alkyl or cyclic N) is 1. The van der Waals surface area contributed by atoms with Crippen molar-refractivity contribution in [2.24, 2.45) is 5.92 Å². The van der Waals surface area contributed by atoms with Crippen molar-refractivity contribution in [1.29, 1.82) is 0 Å². The van der Waals surface area contributed by atoms with Crippen LogP contribution < -0.4 is 46.1 Å². The lowest BCUT2D eigenvalue weighted by Gasteiger charge is -2.37. The average molecular weight is 1520 g/mol. The van der Waals surface area contributed by atoms with Crippen LogP contribution >= 0.6 is 23.7 Å². The van der Waals surface area contributed by atoms with Crippen LogP contribution in [0.25, 0.3) is 26.8 Å². The van der Waals surface area contributed by atoms with E-state index in [1.807, 2.05) is 12.1 Å². The normalized spacial score (nSPS) is 25.8. The number of benzene rings is 3. The Morgan fingerprint density at radius 1 is 0.783 bits per heavy atom. The fourth-order valence-corrected chi connectivity index (χ4v) is 15.3. The van der Waals surface area contributed by atoms with Gasteiger partial charge in [-0.3, -0.25) is 33.6 Å². The molecule has 7 heterocycles. The van der Waals surface area contributed by atoms with Gasteiger partial charge in [0.05, 0.1) is 81.8 Å². The lowest BCUT2D eigenvalue weighted by molar-refractivity contribution is -0.895. The highest BCUT2D eigenvalue weighted by Crippen LogP contribution is 2.33. The van der Waals surface area contributed by atoms with Gasteiger partial charge in [-0.05, 0) is 93.6 Å². The first-order valence-electron chi connectivity index (χ1n) is 36.1. The number of amides is 7. The Bertz CT molecular complexity index is 3750. The number of fused-ring (bicyclic) bond motifs is 3. The molecule has 3 aromatic carbocycles. The van der Waals surface area contributed by atoms with E-state index >= 15 is 9.59 Å². The van der Waals surface area contributed by atoms with Gasteiger partial charge in [0.1, 0.15) is 47.0 Å². The number of carbonyl (C=O) groups excluding carboxylic acids is 7. The molecule has 5 aliphatic rings. The molecule has 5 saturated heterocycles. The van der Waals surface area contributed by atoms with E-state index in [2.05, 4.69) is 72.4 Å². The van der Waals surface area contributed by atoms with E-state index < -0.39 is 164 Å². The number of methoxy groups -OCH3 is 1. The molecule has 0 unspecified atom stereocenters. The van der Waals surface area contributed by atoms with Crippen LogP contribution in [0.4, 0.5) is 5.69 Å². The molecule has 35 heteroatoms. The van der Waals surface area contributed by atoms with E-state index in [-0.39, 0.29) is 55.1 Å². The number of piperidine rings is 2. The number of hydrogen-bond acceptors (Lipinski definition) is 26. The van der Waals surface area contributed by atoms with Crippen LogP contribution in [0.5, 0.6) is 11.5 Å². The van der Waals surface area contributed by atoms with Gasteiger partial charge >= 0.3 is 0 Å². The number of ether oxygens (including phenoxy) is 2. The molecule has 0 aliphatic carbocycles. The van der Waals surface area contributed by atoms with Gasteiger partial charge in [0, 0.05) is 119 Å². The largest absolute Gasteiger partial charge is 0.870 e. The predicted octanol–water partition coefficient (Wildman–Crippen LogP) is -0.0792. The van der Waals surface area contributed by atoms with Crippen LogP contribution in [-0.2, 0) is 54.0 Å². The van der Waals surface area contributed by atoms with Gasteiger partial charge in [0.25, 0.3) is 18.2 Å². The van der Waals surface area contributed by atoms with Crippen LogP contribution in [-0.4, -0.2) is 278 Å². The van der Waals surface area contributed by atoms with Crippen molar-refractivity contribution in [3.05, 3.63) is 84.1 Å². The highest BCUT2D eigenvalue weighted by atomic mass is 32.2. The van der Waals surface area contributed by atoms with Gasteiger partial charge in [-0.1, -0.05) is 70.5 Å². The van der Waals surface area contributed by atoms with Crippen LogP contribution in [0, 0.1) is 5.92 Å². The maximum Gasteiger partial charge on any atom is 0.261 e. The third kappa shape index (κ3) is 20.9. The Kier molecular flexibility index (Phi) is 28.5. The molecule has 0 radical (unpaired) electrons. The first kappa shape index (κ1) is 80.8. The van der Waals surface area contributed by atoms with Crippen molar-refractivity contribution in [2.45, 2.75) is 176 Å². The molecule has 580 valence electrons. The predicted molar refractivity (Wildman–Crippen MR) is 385 cm³/mol. The summed E-state index contributed by atoms with van der Waals surface area (Å²) in [6.45, 7) is 6.39. The van der Waals surface area contributed by atoms with Crippen molar-refractivity contribution >= 4 is 75.7 Å².